The Bertz CT molecular complexity index is 752. The highest BCUT2D eigenvalue weighted by atomic mass is 35.5. The number of benzene rings is 2. The molecule has 0 aliphatic heterocycles. The van der Waals surface area contributed by atoms with Gasteiger partial charge in [0.15, 0.2) is 5.13 Å². The van der Waals surface area contributed by atoms with Crippen LogP contribution in [0.1, 0.15) is 5.56 Å². The van der Waals surface area contributed by atoms with Crippen LogP contribution in [0.5, 0.6) is 0 Å². The minimum absolute atomic E-state index is 0.701. The topological polar surface area (TPSA) is 24.9 Å². The summed E-state index contributed by atoms with van der Waals surface area (Å²) in [5.74, 6) is 0. The van der Waals surface area contributed by atoms with Crippen LogP contribution in [-0.4, -0.2) is 4.98 Å². The van der Waals surface area contributed by atoms with Gasteiger partial charge in [-0.3, -0.25) is 0 Å². The van der Waals surface area contributed by atoms with Gasteiger partial charge in [0.05, 0.1) is 15.2 Å². The van der Waals surface area contributed by atoms with Crippen molar-refractivity contribution in [2.45, 2.75) is 6.92 Å². The SMILES string of the molecule is Cc1ccc(Cl)cc1Nc1nc2cccc(Cl)c2s1. The Labute approximate surface area is 125 Å². The molecule has 0 aliphatic carbocycles. The van der Waals surface area contributed by atoms with Gasteiger partial charge in [0.2, 0.25) is 0 Å². The molecule has 1 N–H and O–H groups in total. The Kier molecular flexibility index (Phi) is 3.35. The van der Waals surface area contributed by atoms with Gasteiger partial charge in [0, 0.05) is 10.7 Å². The molecule has 0 saturated carbocycles. The van der Waals surface area contributed by atoms with Gasteiger partial charge < -0.3 is 5.32 Å². The highest BCUT2D eigenvalue weighted by Gasteiger charge is 2.08. The number of halogens is 2. The summed E-state index contributed by atoms with van der Waals surface area (Å²) in [5, 5.41) is 5.54. The van der Waals surface area contributed by atoms with Crippen molar-refractivity contribution in [3.8, 4) is 0 Å². The summed E-state index contributed by atoms with van der Waals surface area (Å²) in [6.07, 6.45) is 0. The molecule has 19 heavy (non-hydrogen) atoms. The van der Waals surface area contributed by atoms with Crippen molar-refractivity contribution in [1.82, 2.24) is 4.98 Å². The van der Waals surface area contributed by atoms with Gasteiger partial charge in [-0.05, 0) is 36.8 Å². The number of aryl methyl sites for hydroxylation is 1. The molecular formula is C14H10Cl2N2S. The van der Waals surface area contributed by atoms with Crippen molar-refractivity contribution >= 4 is 55.6 Å². The van der Waals surface area contributed by atoms with Gasteiger partial charge in [0.25, 0.3) is 0 Å². The molecule has 1 heterocycles. The Morgan fingerprint density at radius 2 is 2.00 bits per heavy atom. The molecule has 5 heteroatoms. The second kappa shape index (κ2) is 5.00. The Morgan fingerprint density at radius 3 is 2.79 bits per heavy atom. The lowest BCUT2D eigenvalue weighted by atomic mass is 10.2. The molecule has 0 atom stereocenters. The maximum atomic E-state index is 6.15. The van der Waals surface area contributed by atoms with E-state index in [1.54, 1.807) is 0 Å². The molecule has 0 aliphatic rings. The summed E-state index contributed by atoms with van der Waals surface area (Å²) >= 11 is 13.7. The molecule has 3 rings (SSSR count). The fraction of sp³-hybridized carbons (Fsp3) is 0.0714. The number of rotatable bonds is 2. The lowest BCUT2D eigenvalue weighted by molar-refractivity contribution is 1.40. The molecule has 3 aromatic rings. The van der Waals surface area contributed by atoms with Crippen molar-refractivity contribution in [1.29, 1.82) is 0 Å². The molecule has 0 saturated heterocycles. The highest BCUT2D eigenvalue weighted by Crippen LogP contribution is 2.34. The molecular weight excluding hydrogens is 299 g/mol. The highest BCUT2D eigenvalue weighted by molar-refractivity contribution is 7.22. The monoisotopic (exact) mass is 308 g/mol. The van der Waals surface area contributed by atoms with Crippen molar-refractivity contribution in [3.63, 3.8) is 0 Å². The number of fused-ring (bicyclic) bond motifs is 1. The van der Waals surface area contributed by atoms with Gasteiger partial charge in [-0.15, -0.1) is 0 Å². The smallest absolute Gasteiger partial charge is 0.188 e. The zero-order chi connectivity index (χ0) is 13.4. The Morgan fingerprint density at radius 1 is 1.16 bits per heavy atom. The second-order valence-corrected chi connectivity index (χ2v) is 6.03. The number of hydrogen-bond acceptors (Lipinski definition) is 3. The van der Waals surface area contributed by atoms with Crippen molar-refractivity contribution in [3.05, 3.63) is 52.0 Å². The van der Waals surface area contributed by atoms with E-state index >= 15 is 0 Å². The number of anilines is 2. The molecule has 0 bridgehead atoms. The van der Waals surface area contributed by atoms with Crippen molar-refractivity contribution in [2.75, 3.05) is 5.32 Å². The quantitative estimate of drug-likeness (QED) is 0.661. The Balaban J connectivity index is 2.01. The zero-order valence-corrected chi connectivity index (χ0v) is 12.4. The van der Waals surface area contributed by atoms with E-state index in [4.69, 9.17) is 23.2 Å². The number of thiazole rings is 1. The molecule has 0 spiro atoms. The predicted octanol–water partition coefficient (Wildman–Crippen LogP) is 5.66. The number of nitrogens with zero attached hydrogens (tertiary/aromatic N) is 1. The van der Waals surface area contributed by atoms with Crippen molar-refractivity contribution < 1.29 is 0 Å². The largest absolute Gasteiger partial charge is 0.331 e. The summed E-state index contributed by atoms with van der Waals surface area (Å²) in [4.78, 5) is 4.52. The molecule has 1 aromatic heterocycles. The lowest BCUT2D eigenvalue weighted by Crippen LogP contribution is -1.91. The maximum absolute atomic E-state index is 6.15. The van der Waals surface area contributed by atoms with E-state index in [0.717, 1.165) is 31.6 Å². The third-order valence-corrected chi connectivity index (χ3v) is 4.49. The van der Waals surface area contributed by atoms with Crippen LogP contribution in [0.3, 0.4) is 0 Å². The summed E-state index contributed by atoms with van der Waals surface area (Å²) in [6, 6.07) is 11.5. The first kappa shape index (κ1) is 12.7. The third-order valence-electron chi connectivity index (χ3n) is 2.81. The zero-order valence-electron chi connectivity index (χ0n) is 10.1. The lowest BCUT2D eigenvalue weighted by Gasteiger charge is -2.06. The molecule has 0 unspecified atom stereocenters. The number of aromatic nitrogens is 1. The van der Waals surface area contributed by atoms with E-state index in [2.05, 4.69) is 10.3 Å². The van der Waals surface area contributed by atoms with E-state index in [1.165, 1.54) is 11.3 Å². The first-order valence-electron chi connectivity index (χ1n) is 5.72. The van der Waals surface area contributed by atoms with Crippen LogP contribution < -0.4 is 5.32 Å². The van der Waals surface area contributed by atoms with Crippen LogP contribution in [0.15, 0.2) is 36.4 Å². The first-order valence-corrected chi connectivity index (χ1v) is 7.29. The molecule has 2 nitrogen and oxygen atoms in total. The normalized spacial score (nSPS) is 10.9. The summed E-state index contributed by atoms with van der Waals surface area (Å²) in [6.45, 7) is 2.03. The number of hydrogen-bond donors (Lipinski definition) is 1. The van der Waals surface area contributed by atoms with Crippen LogP contribution in [0.2, 0.25) is 10.0 Å². The van der Waals surface area contributed by atoms with Crippen LogP contribution in [0.4, 0.5) is 10.8 Å². The Hall–Kier alpha value is -1.29. The summed E-state index contributed by atoms with van der Waals surface area (Å²) in [5.41, 5.74) is 2.98. The summed E-state index contributed by atoms with van der Waals surface area (Å²) in [7, 11) is 0. The minimum atomic E-state index is 0.701. The van der Waals surface area contributed by atoms with Gasteiger partial charge in [-0.2, -0.15) is 0 Å². The third kappa shape index (κ3) is 2.54. The molecule has 2 aromatic carbocycles. The number of nitrogens with one attached hydrogen (secondary N) is 1. The van der Waals surface area contributed by atoms with E-state index in [9.17, 15) is 0 Å². The van der Waals surface area contributed by atoms with Crippen LogP contribution in [0.25, 0.3) is 10.2 Å². The molecule has 0 amide bonds. The van der Waals surface area contributed by atoms with Crippen LogP contribution >= 0.6 is 34.5 Å². The van der Waals surface area contributed by atoms with E-state index in [1.807, 2.05) is 43.3 Å². The summed E-state index contributed by atoms with van der Waals surface area (Å²) < 4.78 is 0.992. The van der Waals surface area contributed by atoms with E-state index < -0.39 is 0 Å². The van der Waals surface area contributed by atoms with Crippen molar-refractivity contribution in [2.24, 2.45) is 0 Å². The fourth-order valence-corrected chi connectivity index (χ4v) is 3.15. The molecule has 0 fully saturated rings. The minimum Gasteiger partial charge on any atom is -0.331 e. The van der Waals surface area contributed by atoms with Gasteiger partial charge in [-0.25, -0.2) is 4.98 Å². The van der Waals surface area contributed by atoms with Gasteiger partial charge in [-0.1, -0.05) is 46.7 Å². The van der Waals surface area contributed by atoms with Gasteiger partial charge in [0.1, 0.15) is 0 Å². The van der Waals surface area contributed by atoms with Gasteiger partial charge >= 0.3 is 0 Å². The average molecular weight is 309 g/mol. The average Bonchev–Trinajstić information content (AvgIpc) is 2.78. The van der Waals surface area contributed by atoms with E-state index in [-0.39, 0.29) is 0 Å². The molecule has 96 valence electrons. The van der Waals surface area contributed by atoms with Crippen LogP contribution in [-0.2, 0) is 0 Å². The predicted molar refractivity (Wildman–Crippen MR) is 84.1 cm³/mol. The fourth-order valence-electron chi connectivity index (χ4n) is 1.81. The maximum Gasteiger partial charge on any atom is 0.188 e. The first-order chi connectivity index (χ1) is 9.13. The molecule has 0 radical (unpaired) electrons. The van der Waals surface area contributed by atoms with Crippen LogP contribution in [0, 0.1) is 6.92 Å². The standard InChI is InChI=1S/C14H10Cl2N2S/c1-8-5-6-9(15)7-12(8)18-14-17-11-4-2-3-10(16)13(11)19-14/h2-7H,1H3,(H,17,18). The second-order valence-electron chi connectivity index (χ2n) is 4.19. The van der Waals surface area contributed by atoms with E-state index in [0.29, 0.717) is 5.02 Å².